The summed E-state index contributed by atoms with van der Waals surface area (Å²) in [5.74, 6) is 0.524. The van der Waals surface area contributed by atoms with Crippen LogP contribution in [0.3, 0.4) is 0 Å². The van der Waals surface area contributed by atoms with Gasteiger partial charge in [0.1, 0.15) is 0 Å². The Labute approximate surface area is 151 Å². The van der Waals surface area contributed by atoms with Crippen LogP contribution in [-0.4, -0.2) is 11.9 Å². The molecule has 25 heavy (non-hydrogen) atoms. The van der Waals surface area contributed by atoms with Gasteiger partial charge in [-0.3, -0.25) is 4.79 Å². The van der Waals surface area contributed by atoms with E-state index in [9.17, 15) is 4.79 Å². The van der Waals surface area contributed by atoms with Gasteiger partial charge >= 0.3 is 0 Å². The molecule has 0 bridgehead atoms. The van der Waals surface area contributed by atoms with Crippen LogP contribution < -0.4 is 5.32 Å². The first kappa shape index (κ1) is 17.7. The van der Waals surface area contributed by atoms with Crippen LogP contribution in [0.5, 0.6) is 0 Å². The summed E-state index contributed by atoms with van der Waals surface area (Å²) in [6, 6.07) is 20.5. The summed E-state index contributed by atoms with van der Waals surface area (Å²) in [6.07, 6.45) is 3.37. The van der Waals surface area contributed by atoms with Gasteiger partial charge < -0.3 is 5.32 Å². The lowest BCUT2D eigenvalue weighted by atomic mass is 9.70. The Hall–Kier alpha value is -2.09. The average molecular weight is 335 g/mol. The van der Waals surface area contributed by atoms with E-state index in [1.165, 1.54) is 6.42 Å². The van der Waals surface area contributed by atoms with Crippen LogP contribution in [0.1, 0.15) is 57.1 Å². The molecule has 1 fully saturated rings. The van der Waals surface area contributed by atoms with Crippen molar-refractivity contribution in [2.75, 3.05) is 0 Å². The molecule has 1 saturated carbocycles. The largest absolute Gasteiger partial charge is 0.353 e. The maximum atomic E-state index is 13.2. The SMILES string of the molecule is C[C@@H]1C[C@H](NC(=O)C(c2ccccc2)c2ccccc2)CC(C)(C)C1. The minimum atomic E-state index is -0.247. The van der Waals surface area contributed by atoms with Crippen molar-refractivity contribution in [1.29, 1.82) is 0 Å². The Balaban J connectivity index is 1.83. The Morgan fingerprint density at radius 3 is 1.96 bits per heavy atom. The minimum absolute atomic E-state index is 0.118. The number of rotatable bonds is 4. The highest BCUT2D eigenvalue weighted by atomic mass is 16.1. The van der Waals surface area contributed by atoms with Crippen LogP contribution in [-0.2, 0) is 4.79 Å². The summed E-state index contributed by atoms with van der Waals surface area (Å²) < 4.78 is 0. The van der Waals surface area contributed by atoms with E-state index in [1.807, 2.05) is 60.7 Å². The second-order valence-corrected chi connectivity index (χ2v) is 8.37. The minimum Gasteiger partial charge on any atom is -0.353 e. The summed E-state index contributed by atoms with van der Waals surface area (Å²) in [7, 11) is 0. The van der Waals surface area contributed by atoms with E-state index in [0.29, 0.717) is 11.3 Å². The van der Waals surface area contributed by atoms with Crippen molar-refractivity contribution in [2.24, 2.45) is 11.3 Å². The number of carbonyl (C=O) groups excluding carboxylic acids is 1. The molecule has 1 N–H and O–H groups in total. The van der Waals surface area contributed by atoms with Crippen LogP contribution in [0, 0.1) is 11.3 Å². The zero-order valence-corrected chi connectivity index (χ0v) is 15.5. The lowest BCUT2D eigenvalue weighted by Gasteiger charge is -2.39. The fourth-order valence-corrected chi connectivity index (χ4v) is 4.53. The standard InChI is InChI=1S/C23H29NO/c1-17-14-20(16-23(2,3)15-17)24-22(25)21(18-10-6-4-7-11-18)19-12-8-5-9-13-19/h4-13,17,20-21H,14-16H2,1-3H3,(H,24,25)/t17-,20+/m1/s1. The second kappa shape index (κ2) is 7.43. The first-order valence-corrected chi connectivity index (χ1v) is 9.35. The van der Waals surface area contributed by atoms with Gasteiger partial charge in [-0.25, -0.2) is 0 Å². The highest BCUT2D eigenvalue weighted by molar-refractivity contribution is 5.87. The third-order valence-electron chi connectivity index (χ3n) is 5.26. The van der Waals surface area contributed by atoms with E-state index < -0.39 is 0 Å². The maximum Gasteiger partial charge on any atom is 0.232 e. The summed E-state index contributed by atoms with van der Waals surface area (Å²) in [5.41, 5.74) is 2.40. The Morgan fingerprint density at radius 2 is 1.48 bits per heavy atom. The van der Waals surface area contributed by atoms with Gasteiger partial charge in [0.15, 0.2) is 0 Å². The second-order valence-electron chi connectivity index (χ2n) is 8.37. The van der Waals surface area contributed by atoms with Crippen molar-refractivity contribution in [3.8, 4) is 0 Å². The molecular formula is C23H29NO. The molecule has 0 heterocycles. The van der Waals surface area contributed by atoms with Crippen LogP contribution in [0.4, 0.5) is 0 Å². The molecule has 1 aliphatic carbocycles. The van der Waals surface area contributed by atoms with E-state index in [4.69, 9.17) is 0 Å². The monoisotopic (exact) mass is 335 g/mol. The van der Waals surface area contributed by atoms with E-state index in [-0.39, 0.29) is 17.9 Å². The molecule has 0 unspecified atom stereocenters. The normalized spacial score (nSPS) is 22.6. The Bertz CT molecular complexity index is 653. The van der Waals surface area contributed by atoms with Gasteiger partial charge in [0.2, 0.25) is 5.91 Å². The summed E-state index contributed by atoms with van der Waals surface area (Å²) in [4.78, 5) is 13.2. The number of amides is 1. The molecule has 0 saturated heterocycles. The quantitative estimate of drug-likeness (QED) is 0.822. The Kier molecular flexibility index (Phi) is 5.27. The smallest absolute Gasteiger partial charge is 0.232 e. The summed E-state index contributed by atoms with van der Waals surface area (Å²) >= 11 is 0. The van der Waals surface area contributed by atoms with Crippen molar-refractivity contribution >= 4 is 5.91 Å². The number of benzene rings is 2. The van der Waals surface area contributed by atoms with Gasteiger partial charge in [0, 0.05) is 6.04 Å². The Morgan fingerprint density at radius 1 is 0.960 bits per heavy atom. The first-order valence-electron chi connectivity index (χ1n) is 9.35. The number of nitrogens with one attached hydrogen (secondary N) is 1. The van der Waals surface area contributed by atoms with Crippen molar-refractivity contribution in [3.63, 3.8) is 0 Å². The predicted molar refractivity (Wildman–Crippen MR) is 103 cm³/mol. The van der Waals surface area contributed by atoms with Crippen molar-refractivity contribution < 1.29 is 4.79 Å². The molecule has 3 rings (SSSR count). The number of hydrogen-bond acceptors (Lipinski definition) is 1. The van der Waals surface area contributed by atoms with E-state index in [1.54, 1.807) is 0 Å². The van der Waals surface area contributed by atoms with Crippen molar-refractivity contribution in [3.05, 3.63) is 71.8 Å². The van der Waals surface area contributed by atoms with Gasteiger partial charge in [-0.2, -0.15) is 0 Å². The predicted octanol–water partition coefficient (Wildman–Crippen LogP) is 5.15. The lowest BCUT2D eigenvalue weighted by molar-refractivity contribution is -0.123. The molecule has 2 aromatic rings. The van der Waals surface area contributed by atoms with Gasteiger partial charge in [0.25, 0.3) is 0 Å². The van der Waals surface area contributed by atoms with Crippen molar-refractivity contribution in [1.82, 2.24) is 5.32 Å². The molecular weight excluding hydrogens is 306 g/mol. The maximum absolute atomic E-state index is 13.2. The molecule has 0 spiro atoms. The number of hydrogen-bond donors (Lipinski definition) is 1. The van der Waals surface area contributed by atoms with E-state index in [2.05, 4.69) is 26.1 Å². The zero-order chi connectivity index (χ0) is 17.9. The summed E-state index contributed by atoms with van der Waals surface area (Å²) in [6.45, 7) is 6.92. The number of carbonyl (C=O) groups is 1. The van der Waals surface area contributed by atoms with Crippen LogP contribution >= 0.6 is 0 Å². The molecule has 0 aromatic heterocycles. The molecule has 0 radical (unpaired) electrons. The highest BCUT2D eigenvalue weighted by Gasteiger charge is 2.34. The molecule has 2 atom stereocenters. The molecule has 2 aromatic carbocycles. The topological polar surface area (TPSA) is 29.1 Å². The molecule has 132 valence electrons. The molecule has 2 heteroatoms. The average Bonchev–Trinajstić information content (AvgIpc) is 2.55. The fraction of sp³-hybridized carbons (Fsp3) is 0.435. The van der Waals surface area contributed by atoms with Gasteiger partial charge in [-0.15, -0.1) is 0 Å². The van der Waals surface area contributed by atoms with Crippen LogP contribution in [0.2, 0.25) is 0 Å². The highest BCUT2D eigenvalue weighted by Crippen LogP contribution is 2.38. The fourth-order valence-electron chi connectivity index (χ4n) is 4.53. The molecule has 1 aliphatic rings. The van der Waals surface area contributed by atoms with Gasteiger partial charge in [0.05, 0.1) is 5.92 Å². The first-order chi connectivity index (χ1) is 11.9. The third kappa shape index (κ3) is 4.50. The van der Waals surface area contributed by atoms with Gasteiger partial charge in [-0.1, -0.05) is 81.4 Å². The van der Waals surface area contributed by atoms with Crippen LogP contribution in [0.25, 0.3) is 0 Å². The van der Waals surface area contributed by atoms with Crippen LogP contribution in [0.15, 0.2) is 60.7 Å². The summed E-state index contributed by atoms with van der Waals surface area (Å²) in [5, 5.41) is 3.36. The lowest BCUT2D eigenvalue weighted by Crippen LogP contribution is -2.44. The van der Waals surface area contributed by atoms with Crippen molar-refractivity contribution in [2.45, 2.75) is 52.0 Å². The van der Waals surface area contributed by atoms with Gasteiger partial charge in [-0.05, 0) is 41.7 Å². The van der Waals surface area contributed by atoms with E-state index >= 15 is 0 Å². The van der Waals surface area contributed by atoms with E-state index in [0.717, 1.165) is 24.0 Å². The molecule has 2 nitrogen and oxygen atoms in total. The molecule has 1 amide bonds. The zero-order valence-electron chi connectivity index (χ0n) is 15.5. The third-order valence-corrected chi connectivity index (χ3v) is 5.26. The molecule has 0 aliphatic heterocycles.